The van der Waals surface area contributed by atoms with Crippen molar-refractivity contribution in [1.29, 1.82) is 0 Å². The Bertz CT molecular complexity index is 493. The van der Waals surface area contributed by atoms with Crippen LogP contribution < -0.4 is 16.8 Å². The molecule has 17 heavy (non-hydrogen) atoms. The molecule has 0 atom stereocenters. The van der Waals surface area contributed by atoms with Gasteiger partial charge in [-0.2, -0.15) is 4.99 Å². The van der Waals surface area contributed by atoms with Crippen molar-refractivity contribution in [2.45, 2.75) is 13.8 Å². The van der Waals surface area contributed by atoms with E-state index in [4.69, 9.17) is 11.5 Å². The van der Waals surface area contributed by atoms with Crippen molar-refractivity contribution in [3.05, 3.63) is 17.2 Å². The third kappa shape index (κ3) is 2.77. The summed E-state index contributed by atoms with van der Waals surface area (Å²) in [5.41, 5.74) is 11.4. The Hall–Kier alpha value is -2.44. The van der Waals surface area contributed by atoms with E-state index in [0.717, 1.165) is 0 Å². The third-order valence-electron chi connectivity index (χ3n) is 2.18. The van der Waals surface area contributed by atoms with Gasteiger partial charge in [-0.3, -0.25) is 0 Å². The number of carbonyl (C=O) groups excluding carboxylic acids is 1. The fraction of sp³-hybridized carbons (Fsp3) is 0.200. The summed E-state index contributed by atoms with van der Waals surface area (Å²) >= 11 is 0. The Balaban J connectivity index is 3.12. The molecular formula is C10H14N4O3. The molecule has 92 valence electrons. The van der Waals surface area contributed by atoms with E-state index in [0.29, 0.717) is 16.8 Å². The van der Waals surface area contributed by atoms with Crippen LogP contribution in [-0.2, 0) is 0 Å². The number of nitrogens with zero attached hydrogens (tertiary/aromatic N) is 1. The Morgan fingerprint density at radius 2 is 1.94 bits per heavy atom. The minimum atomic E-state index is -0.749. The first-order chi connectivity index (χ1) is 7.82. The Labute approximate surface area is 97.8 Å². The highest BCUT2D eigenvalue weighted by molar-refractivity contribution is 5.99. The molecule has 0 aromatic heterocycles. The summed E-state index contributed by atoms with van der Waals surface area (Å²) in [6.45, 7) is 3.21. The van der Waals surface area contributed by atoms with Crippen LogP contribution in [0.15, 0.2) is 11.1 Å². The Morgan fingerprint density at radius 3 is 2.47 bits per heavy atom. The molecule has 1 rings (SSSR count). The average Bonchev–Trinajstić information content (AvgIpc) is 2.20. The summed E-state index contributed by atoms with van der Waals surface area (Å²) in [5.74, 6) is -0.906. The van der Waals surface area contributed by atoms with Gasteiger partial charge in [0, 0.05) is 5.56 Å². The number of amides is 2. The molecule has 0 heterocycles. The second-order valence-electron chi connectivity index (χ2n) is 3.53. The van der Waals surface area contributed by atoms with E-state index in [2.05, 4.69) is 10.3 Å². The number of hydrogen-bond donors (Lipinski definition) is 5. The van der Waals surface area contributed by atoms with E-state index in [1.165, 1.54) is 6.07 Å². The molecule has 7 nitrogen and oxygen atoms in total. The molecule has 0 radical (unpaired) electrons. The summed E-state index contributed by atoms with van der Waals surface area (Å²) in [6, 6.07) is 0.578. The summed E-state index contributed by atoms with van der Waals surface area (Å²) < 4.78 is 0. The number of benzene rings is 1. The van der Waals surface area contributed by atoms with Crippen LogP contribution >= 0.6 is 0 Å². The predicted molar refractivity (Wildman–Crippen MR) is 64.1 cm³/mol. The summed E-state index contributed by atoms with van der Waals surface area (Å²) in [5, 5.41) is 21.3. The second kappa shape index (κ2) is 4.60. The maximum atomic E-state index is 11.3. The summed E-state index contributed by atoms with van der Waals surface area (Å²) in [7, 11) is 0. The van der Waals surface area contributed by atoms with E-state index in [1.54, 1.807) is 13.8 Å². The molecule has 0 aliphatic rings. The Morgan fingerprint density at radius 1 is 1.35 bits per heavy atom. The number of hydrogen-bond acceptors (Lipinski definition) is 3. The highest BCUT2D eigenvalue weighted by Crippen LogP contribution is 2.36. The molecule has 0 saturated heterocycles. The molecule has 2 amide bonds. The number of phenolic OH excluding ortho intramolecular Hbond substituents is 2. The lowest BCUT2D eigenvalue weighted by atomic mass is 10.1. The minimum Gasteiger partial charge on any atom is -0.504 e. The van der Waals surface area contributed by atoms with Gasteiger partial charge < -0.3 is 27.0 Å². The number of anilines is 1. The van der Waals surface area contributed by atoms with Crippen molar-refractivity contribution in [3.63, 3.8) is 0 Å². The largest absolute Gasteiger partial charge is 0.504 e. The van der Waals surface area contributed by atoms with Crippen LogP contribution in [0.5, 0.6) is 11.5 Å². The minimum absolute atomic E-state index is 0.250. The molecule has 0 aliphatic heterocycles. The SMILES string of the molecule is Cc1cc(O)c(O)c(C)c1NC(=O)N=C(N)N. The number of aliphatic imine (C=N–C) groups is 1. The Kier molecular flexibility index (Phi) is 3.42. The highest BCUT2D eigenvalue weighted by Gasteiger charge is 2.13. The zero-order valence-electron chi connectivity index (χ0n) is 9.48. The molecule has 7 heteroatoms. The van der Waals surface area contributed by atoms with Gasteiger partial charge in [0.2, 0.25) is 0 Å². The first-order valence-electron chi connectivity index (χ1n) is 4.75. The van der Waals surface area contributed by atoms with Crippen LogP contribution in [0.4, 0.5) is 10.5 Å². The van der Waals surface area contributed by atoms with Gasteiger partial charge >= 0.3 is 6.03 Å². The van der Waals surface area contributed by atoms with Gasteiger partial charge in [0.25, 0.3) is 0 Å². The van der Waals surface area contributed by atoms with Crippen LogP contribution in [0.1, 0.15) is 11.1 Å². The standard InChI is InChI=1S/C10H14N4O3/c1-4-3-6(15)8(16)5(2)7(4)13-10(17)14-9(11)12/h3,15-16H,1-2H3,(H5,11,12,13,14,17). The molecule has 1 aromatic rings. The van der Waals surface area contributed by atoms with E-state index in [1.807, 2.05) is 0 Å². The first kappa shape index (κ1) is 12.6. The lowest BCUT2D eigenvalue weighted by molar-refractivity contribution is 0.259. The van der Waals surface area contributed by atoms with Crippen molar-refractivity contribution in [1.82, 2.24) is 0 Å². The van der Waals surface area contributed by atoms with E-state index >= 15 is 0 Å². The van der Waals surface area contributed by atoms with Gasteiger partial charge in [-0.1, -0.05) is 0 Å². The van der Waals surface area contributed by atoms with Gasteiger partial charge in [-0.05, 0) is 25.5 Å². The fourth-order valence-corrected chi connectivity index (χ4v) is 1.40. The third-order valence-corrected chi connectivity index (χ3v) is 2.18. The van der Waals surface area contributed by atoms with Crippen LogP contribution in [-0.4, -0.2) is 22.2 Å². The van der Waals surface area contributed by atoms with Crippen molar-refractivity contribution >= 4 is 17.7 Å². The number of nitrogens with two attached hydrogens (primary N) is 2. The molecule has 0 fully saturated rings. The number of phenols is 2. The normalized spacial score (nSPS) is 9.76. The highest BCUT2D eigenvalue weighted by atomic mass is 16.3. The zero-order valence-corrected chi connectivity index (χ0v) is 9.48. The van der Waals surface area contributed by atoms with Gasteiger partial charge in [-0.25, -0.2) is 4.79 Å². The van der Waals surface area contributed by atoms with Crippen LogP contribution in [0.2, 0.25) is 0 Å². The van der Waals surface area contributed by atoms with Crippen LogP contribution in [0.3, 0.4) is 0 Å². The zero-order chi connectivity index (χ0) is 13.2. The van der Waals surface area contributed by atoms with Crippen LogP contribution in [0, 0.1) is 13.8 Å². The molecule has 1 aromatic carbocycles. The number of rotatable bonds is 1. The van der Waals surface area contributed by atoms with Gasteiger partial charge in [-0.15, -0.1) is 0 Å². The number of aryl methyl sites for hydroxylation is 1. The lowest BCUT2D eigenvalue weighted by Crippen LogP contribution is -2.25. The lowest BCUT2D eigenvalue weighted by Gasteiger charge is -2.12. The van der Waals surface area contributed by atoms with Gasteiger partial charge in [0.15, 0.2) is 17.5 Å². The van der Waals surface area contributed by atoms with E-state index < -0.39 is 6.03 Å². The first-order valence-corrected chi connectivity index (χ1v) is 4.75. The van der Waals surface area contributed by atoms with Crippen molar-refractivity contribution in [3.8, 4) is 11.5 Å². The van der Waals surface area contributed by atoms with Crippen molar-refractivity contribution in [2.24, 2.45) is 16.5 Å². The topological polar surface area (TPSA) is 134 Å². The summed E-state index contributed by atoms with van der Waals surface area (Å²) in [4.78, 5) is 14.6. The fourth-order valence-electron chi connectivity index (χ4n) is 1.40. The smallest absolute Gasteiger partial charge is 0.348 e. The molecule has 0 unspecified atom stereocenters. The quantitative estimate of drug-likeness (QED) is 0.210. The summed E-state index contributed by atoms with van der Waals surface area (Å²) in [6.07, 6.45) is 0. The molecule has 0 aliphatic carbocycles. The van der Waals surface area contributed by atoms with Gasteiger partial charge in [0.1, 0.15) is 0 Å². The second-order valence-corrected chi connectivity index (χ2v) is 3.53. The molecule has 0 saturated carbocycles. The van der Waals surface area contributed by atoms with Gasteiger partial charge in [0.05, 0.1) is 5.69 Å². The predicted octanol–water partition coefficient (Wildman–Crippen LogP) is 0.520. The maximum Gasteiger partial charge on any atom is 0.348 e. The molecule has 0 spiro atoms. The van der Waals surface area contributed by atoms with Crippen molar-refractivity contribution < 1.29 is 15.0 Å². The number of nitrogens with one attached hydrogen (secondary N) is 1. The van der Waals surface area contributed by atoms with E-state index in [-0.39, 0.29) is 17.5 Å². The van der Waals surface area contributed by atoms with Crippen LogP contribution in [0.25, 0.3) is 0 Å². The number of guanidine groups is 1. The van der Waals surface area contributed by atoms with E-state index in [9.17, 15) is 15.0 Å². The average molecular weight is 238 g/mol. The molecule has 0 bridgehead atoms. The maximum absolute atomic E-state index is 11.3. The van der Waals surface area contributed by atoms with Crippen molar-refractivity contribution in [2.75, 3.05) is 5.32 Å². The number of aromatic hydroxyl groups is 2. The number of urea groups is 1. The molecule has 7 N–H and O–H groups in total. The monoisotopic (exact) mass is 238 g/mol. The molecular weight excluding hydrogens is 224 g/mol. The number of carbonyl (C=O) groups is 1.